The Morgan fingerprint density at radius 2 is 1.90 bits per heavy atom. The summed E-state index contributed by atoms with van der Waals surface area (Å²) in [6, 6.07) is 10.4. The van der Waals surface area contributed by atoms with Gasteiger partial charge in [-0.1, -0.05) is 6.07 Å². The van der Waals surface area contributed by atoms with Gasteiger partial charge < -0.3 is 29.6 Å². The molecular formula is C27H26F4N4O5S. The normalized spacial score (nSPS) is 12.2. The molecule has 0 radical (unpaired) electrons. The Bertz CT molecular complexity index is 1470. The smallest absolute Gasteiger partial charge is 0.433 e. The number of methoxy groups -OCH3 is 1. The van der Waals surface area contributed by atoms with Gasteiger partial charge in [-0.25, -0.2) is 9.18 Å². The number of amides is 1. The van der Waals surface area contributed by atoms with Crippen LogP contribution in [-0.2, 0) is 20.8 Å². The number of carbonyl (C=O) groups excluding carboxylic acids is 1. The number of thiophene rings is 1. The Hall–Kier alpha value is -4.01. The Labute approximate surface area is 236 Å². The van der Waals surface area contributed by atoms with E-state index >= 15 is 0 Å². The van der Waals surface area contributed by atoms with E-state index in [0.29, 0.717) is 28.3 Å². The maximum atomic E-state index is 14.8. The van der Waals surface area contributed by atoms with E-state index in [1.807, 2.05) is 12.1 Å². The topological polar surface area (TPSA) is 104 Å². The molecule has 1 unspecified atom stereocenters. The molecule has 3 aromatic heterocycles. The molecule has 4 rings (SSSR count). The molecule has 9 nitrogen and oxygen atoms in total. The predicted octanol–water partition coefficient (Wildman–Crippen LogP) is 6.50. The van der Waals surface area contributed by atoms with E-state index in [0.717, 1.165) is 16.5 Å². The summed E-state index contributed by atoms with van der Waals surface area (Å²) in [5.74, 6) is -0.711. The third-order valence-corrected chi connectivity index (χ3v) is 6.65. The lowest BCUT2D eigenvalue weighted by Gasteiger charge is -2.22. The highest BCUT2D eigenvalue weighted by Crippen LogP contribution is 2.39. The summed E-state index contributed by atoms with van der Waals surface area (Å²) in [6.07, 6.45) is -4.38. The van der Waals surface area contributed by atoms with E-state index in [9.17, 15) is 22.4 Å². The molecule has 0 aliphatic rings. The minimum Gasteiger partial charge on any atom is -0.453 e. The van der Waals surface area contributed by atoms with Gasteiger partial charge >= 0.3 is 12.3 Å². The van der Waals surface area contributed by atoms with E-state index in [2.05, 4.69) is 25.3 Å². The zero-order valence-electron chi connectivity index (χ0n) is 22.0. The van der Waals surface area contributed by atoms with Crippen molar-refractivity contribution in [1.29, 1.82) is 0 Å². The van der Waals surface area contributed by atoms with Crippen LogP contribution in [0, 0.1) is 5.82 Å². The van der Waals surface area contributed by atoms with E-state index < -0.39 is 24.3 Å². The molecule has 0 saturated heterocycles. The summed E-state index contributed by atoms with van der Waals surface area (Å²) in [4.78, 5) is 21.3. The zero-order chi connectivity index (χ0) is 29.4. The molecule has 2 N–H and O–H groups in total. The summed E-state index contributed by atoms with van der Waals surface area (Å²) in [5, 5.41) is 4.77. The highest BCUT2D eigenvalue weighted by molar-refractivity contribution is 7.22. The summed E-state index contributed by atoms with van der Waals surface area (Å²) in [6.45, 7) is 1.94. The van der Waals surface area contributed by atoms with Crippen LogP contribution in [0.4, 0.5) is 28.0 Å². The van der Waals surface area contributed by atoms with Crippen LogP contribution in [0.3, 0.4) is 0 Å². The third-order valence-electron chi connectivity index (χ3n) is 5.49. The van der Waals surface area contributed by atoms with Crippen molar-refractivity contribution in [3.8, 4) is 22.1 Å². The zero-order valence-corrected chi connectivity index (χ0v) is 22.8. The van der Waals surface area contributed by atoms with Gasteiger partial charge in [0.2, 0.25) is 6.23 Å². The van der Waals surface area contributed by atoms with E-state index in [1.165, 1.54) is 43.7 Å². The molecular weight excluding hydrogens is 568 g/mol. The first kappa shape index (κ1) is 30.0. The van der Waals surface area contributed by atoms with Crippen molar-refractivity contribution in [2.75, 3.05) is 32.2 Å². The second kappa shape index (κ2) is 13.6. The van der Waals surface area contributed by atoms with Crippen molar-refractivity contribution in [3.63, 3.8) is 0 Å². The Morgan fingerprint density at radius 3 is 2.59 bits per heavy atom. The van der Waals surface area contributed by atoms with Crippen molar-refractivity contribution in [3.05, 3.63) is 66.2 Å². The number of hydrogen-bond acceptors (Lipinski definition) is 9. The third kappa shape index (κ3) is 8.02. The van der Waals surface area contributed by atoms with Gasteiger partial charge in [-0.05, 0) is 36.8 Å². The SMILES string of the molecule is CCOC(Nc1ccc(Oc2ccnc3cc(-c4ccc(CNC(=O)OCCOC)cn4)sc23)c(F)c1)C(F)(F)F. The summed E-state index contributed by atoms with van der Waals surface area (Å²) >= 11 is 1.33. The van der Waals surface area contributed by atoms with Gasteiger partial charge in [0.25, 0.3) is 0 Å². The molecule has 1 aromatic carbocycles. The van der Waals surface area contributed by atoms with Gasteiger partial charge in [0.1, 0.15) is 12.4 Å². The molecule has 41 heavy (non-hydrogen) atoms. The second-order valence-electron chi connectivity index (χ2n) is 8.44. The number of rotatable bonds is 12. The minimum atomic E-state index is -4.68. The lowest BCUT2D eigenvalue weighted by molar-refractivity contribution is -0.209. The number of nitrogens with zero attached hydrogens (tertiary/aromatic N) is 2. The minimum absolute atomic E-state index is 0.114. The van der Waals surface area contributed by atoms with Crippen LogP contribution in [0.25, 0.3) is 20.8 Å². The molecule has 0 saturated carbocycles. The second-order valence-corrected chi connectivity index (χ2v) is 9.49. The molecule has 0 bridgehead atoms. The highest BCUT2D eigenvalue weighted by atomic mass is 32.1. The fraction of sp³-hybridized carbons (Fsp3) is 0.296. The first-order valence-corrected chi connectivity index (χ1v) is 13.1. The van der Waals surface area contributed by atoms with Gasteiger partial charge in [-0.2, -0.15) is 13.2 Å². The fourth-order valence-corrected chi connectivity index (χ4v) is 4.61. The van der Waals surface area contributed by atoms with Crippen LogP contribution in [-0.4, -0.2) is 55.4 Å². The number of hydrogen-bond donors (Lipinski definition) is 2. The van der Waals surface area contributed by atoms with Crippen molar-refractivity contribution in [2.24, 2.45) is 0 Å². The number of alkyl carbamates (subject to hydrolysis) is 1. The van der Waals surface area contributed by atoms with Gasteiger partial charge in [0.15, 0.2) is 11.6 Å². The van der Waals surface area contributed by atoms with Crippen molar-refractivity contribution < 1.29 is 41.3 Å². The lowest BCUT2D eigenvalue weighted by atomic mass is 10.2. The van der Waals surface area contributed by atoms with Crippen molar-refractivity contribution >= 4 is 33.3 Å². The summed E-state index contributed by atoms with van der Waals surface area (Å²) < 4.78 is 75.1. The predicted molar refractivity (Wildman–Crippen MR) is 144 cm³/mol. The van der Waals surface area contributed by atoms with E-state index in [4.69, 9.17) is 14.2 Å². The lowest BCUT2D eigenvalue weighted by Crippen LogP contribution is -2.38. The highest BCUT2D eigenvalue weighted by Gasteiger charge is 2.40. The average molecular weight is 595 g/mol. The maximum absolute atomic E-state index is 14.8. The van der Waals surface area contributed by atoms with E-state index in [1.54, 1.807) is 18.3 Å². The Kier molecular flexibility index (Phi) is 9.91. The van der Waals surface area contributed by atoms with Crippen LogP contribution >= 0.6 is 11.3 Å². The molecule has 4 aromatic rings. The molecule has 1 atom stereocenters. The van der Waals surface area contributed by atoms with Crippen LogP contribution in [0.1, 0.15) is 12.5 Å². The standard InChI is InChI=1S/C27H26F4N4O5S/c1-3-38-25(27(29,30)31)35-17-5-7-21(18(28)12-17)40-22-8-9-32-20-13-23(41-24(20)22)19-6-4-16(14-33-19)15-34-26(36)39-11-10-37-2/h4-9,12-14,25,35H,3,10-11,15H2,1-2H3,(H,34,36). The number of pyridine rings is 2. The Balaban J connectivity index is 1.45. The summed E-state index contributed by atoms with van der Waals surface area (Å²) in [5.41, 5.74) is 1.89. The van der Waals surface area contributed by atoms with Crippen molar-refractivity contribution in [2.45, 2.75) is 25.9 Å². The van der Waals surface area contributed by atoms with E-state index in [-0.39, 0.29) is 31.2 Å². The molecule has 0 spiro atoms. The van der Waals surface area contributed by atoms with Gasteiger partial charge in [0.05, 0.1) is 27.4 Å². The first-order chi connectivity index (χ1) is 19.7. The number of nitrogens with one attached hydrogen (secondary N) is 2. The first-order valence-electron chi connectivity index (χ1n) is 12.3. The van der Waals surface area contributed by atoms with Gasteiger partial charge in [-0.3, -0.25) is 9.97 Å². The van der Waals surface area contributed by atoms with Crippen LogP contribution < -0.4 is 15.4 Å². The molecule has 14 heteroatoms. The molecule has 0 aliphatic heterocycles. The largest absolute Gasteiger partial charge is 0.453 e. The van der Waals surface area contributed by atoms with Crippen LogP contribution in [0.2, 0.25) is 0 Å². The monoisotopic (exact) mass is 594 g/mol. The van der Waals surface area contributed by atoms with Crippen molar-refractivity contribution in [1.82, 2.24) is 15.3 Å². The fourth-order valence-electron chi connectivity index (χ4n) is 3.57. The number of carbonyl (C=O) groups is 1. The molecule has 0 fully saturated rings. The maximum Gasteiger partial charge on any atom is 0.433 e. The summed E-state index contributed by atoms with van der Waals surface area (Å²) in [7, 11) is 1.51. The number of fused-ring (bicyclic) bond motifs is 1. The number of anilines is 1. The number of alkyl halides is 3. The molecule has 218 valence electrons. The molecule has 1 amide bonds. The Morgan fingerprint density at radius 1 is 1.07 bits per heavy atom. The quantitative estimate of drug-likeness (QED) is 0.109. The van der Waals surface area contributed by atoms with Crippen LogP contribution in [0.5, 0.6) is 11.5 Å². The number of benzene rings is 1. The molecule has 3 heterocycles. The van der Waals surface area contributed by atoms with Gasteiger partial charge in [-0.15, -0.1) is 11.3 Å². The average Bonchev–Trinajstić information content (AvgIpc) is 3.38. The molecule has 0 aliphatic carbocycles. The number of ether oxygens (including phenoxy) is 4. The van der Waals surface area contributed by atoms with Gasteiger partial charge in [0, 0.05) is 50.5 Å². The number of halogens is 4. The van der Waals surface area contributed by atoms with Crippen LogP contribution in [0.15, 0.2) is 54.9 Å². The number of aromatic nitrogens is 2.